The summed E-state index contributed by atoms with van der Waals surface area (Å²) >= 11 is 0. The Morgan fingerprint density at radius 1 is 1.50 bits per heavy atom. The minimum absolute atomic E-state index is 0.0431. The summed E-state index contributed by atoms with van der Waals surface area (Å²) in [5.74, 6) is -0.0431. The molecule has 1 amide bonds. The van der Waals surface area contributed by atoms with Crippen LogP contribution in [-0.4, -0.2) is 38.7 Å². The molecule has 0 aromatic carbocycles. The lowest BCUT2D eigenvalue weighted by molar-refractivity contribution is -0.122. The van der Waals surface area contributed by atoms with Gasteiger partial charge in [0.2, 0.25) is 5.91 Å². The van der Waals surface area contributed by atoms with Crippen molar-refractivity contribution in [1.29, 1.82) is 0 Å². The molecule has 1 aromatic rings. The van der Waals surface area contributed by atoms with Crippen molar-refractivity contribution >= 4 is 5.91 Å². The fraction of sp³-hybridized carbons (Fsp3) is 0.750. The Kier molecular flexibility index (Phi) is 5.27. The highest BCUT2D eigenvalue weighted by Gasteiger charge is 2.22. The fourth-order valence-electron chi connectivity index (χ4n) is 1.36. The largest absolute Gasteiger partial charge is 0.391 e. The van der Waals surface area contributed by atoms with Crippen molar-refractivity contribution in [2.45, 2.75) is 46.3 Å². The van der Waals surface area contributed by atoms with Crippen molar-refractivity contribution in [2.24, 2.45) is 5.41 Å². The second-order valence-electron chi connectivity index (χ2n) is 5.46. The van der Waals surface area contributed by atoms with Crippen LogP contribution >= 0.6 is 0 Å². The van der Waals surface area contributed by atoms with Gasteiger partial charge in [0.1, 0.15) is 0 Å². The van der Waals surface area contributed by atoms with Crippen LogP contribution in [0.4, 0.5) is 0 Å². The van der Waals surface area contributed by atoms with Gasteiger partial charge in [-0.3, -0.25) is 9.48 Å². The van der Waals surface area contributed by atoms with Crippen LogP contribution in [-0.2, 0) is 11.3 Å². The number of carbonyl (C=O) groups excluding carboxylic acids is 1. The van der Waals surface area contributed by atoms with Crippen molar-refractivity contribution in [3.8, 4) is 0 Å². The van der Waals surface area contributed by atoms with Gasteiger partial charge in [0.05, 0.1) is 12.3 Å². The molecule has 1 heterocycles. The van der Waals surface area contributed by atoms with Crippen LogP contribution in [0.5, 0.6) is 0 Å². The lowest BCUT2D eigenvalue weighted by Gasteiger charge is -2.25. The highest BCUT2D eigenvalue weighted by Crippen LogP contribution is 2.18. The van der Waals surface area contributed by atoms with Crippen LogP contribution in [0.25, 0.3) is 0 Å². The van der Waals surface area contributed by atoms with E-state index in [1.54, 1.807) is 17.1 Å². The maximum atomic E-state index is 11.5. The molecule has 1 atom stereocenters. The van der Waals surface area contributed by atoms with Crippen molar-refractivity contribution in [3.63, 3.8) is 0 Å². The Balaban J connectivity index is 2.14. The van der Waals surface area contributed by atoms with E-state index in [0.717, 1.165) is 0 Å². The van der Waals surface area contributed by atoms with Gasteiger partial charge < -0.3 is 10.4 Å². The first kappa shape index (κ1) is 14.6. The minimum Gasteiger partial charge on any atom is -0.391 e. The molecular formula is C12H22N4O2. The van der Waals surface area contributed by atoms with Gasteiger partial charge in [-0.05, 0) is 11.8 Å². The van der Waals surface area contributed by atoms with Crippen molar-refractivity contribution in [1.82, 2.24) is 20.3 Å². The Bertz CT molecular complexity index is 357. The van der Waals surface area contributed by atoms with Gasteiger partial charge in [0.15, 0.2) is 0 Å². The monoisotopic (exact) mass is 254 g/mol. The predicted molar refractivity (Wildman–Crippen MR) is 67.7 cm³/mol. The van der Waals surface area contributed by atoms with E-state index in [2.05, 4.69) is 15.6 Å². The molecule has 6 heteroatoms. The van der Waals surface area contributed by atoms with Gasteiger partial charge >= 0.3 is 0 Å². The van der Waals surface area contributed by atoms with Gasteiger partial charge in [0, 0.05) is 25.7 Å². The Morgan fingerprint density at radius 3 is 2.78 bits per heavy atom. The Morgan fingerprint density at radius 2 is 2.22 bits per heavy atom. The fourth-order valence-corrected chi connectivity index (χ4v) is 1.36. The molecule has 0 spiro atoms. The number of nitrogens with zero attached hydrogens (tertiary/aromatic N) is 3. The summed E-state index contributed by atoms with van der Waals surface area (Å²) in [6.45, 7) is 6.79. The molecule has 0 fully saturated rings. The summed E-state index contributed by atoms with van der Waals surface area (Å²) in [4.78, 5) is 11.5. The van der Waals surface area contributed by atoms with Crippen molar-refractivity contribution < 1.29 is 9.90 Å². The van der Waals surface area contributed by atoms with Gasteiger partial charge in [-0.2, -0.15) is 0 Å². The second-order valence-corrected chi connectivity index (χ2v) is 5.46. The van der Waals surface area contributed by atoms with Crippen LogP contribution in [0.2, 0.25) is 0 Å². The average Bonchev–Trinajstić information content (AvgIpc) is 2.77. The smallest absolute Gasteiger partial charge is 0.220 e. The van der Waals surface area contributed by atoms with Crippen LogP contribution in [0.3, 0.4) is 0 Å². The van der Waals surface area contributed by atoms with Gasteiger partial charge in [0.25, 0.3) is 0 Å². The molecule has 1 rings (SSSR count). The lowest BCUT2D eigenvalue weighted by atomic mass is 9.89. The normalized spacial score (nSPS) is 13.3. The summed E-state index contributed by atoms with van der Waals surface area (Å²) in [7, 11) is 0. The van der Waals surface area contributed by atoms with Gasteiger partial charge in [-0.15, -0.1) is 5.10 Å². The van der Waals surface area contributed by atoms with E-state index in [0.29, 0.717) is 25.9 Å². The number of hydrogen-bond acceptors (Lipinski definition) is 4. The number of aromatic nitrogens is 3. The highest BCUT2D eigenvalue weighted by atomic mass is 16.3. The average molecular weight is 254 g/mol. The molecule has 6 nitrogen and oxygen atoms in total. The SMILES string of the molecule is CC(C)(C)C(O)CNC(=O)CCCn1ccnn1. The number of rotatable bonds is 6. The quantitative estimate of drug-likeness (QED) is 0.778. The highest BCUT2D eigenvalue weighted by molar-refractivity contribution is 5.75. The number of aliphatic hydroxyl groups excluding tert-OH is 1. The standard InChI is InChI=1S/C12H22N4O2/c1-12(2,3)10(17)9-13-11(18)5-4-7-16-8-6-14-15-16/h6,8,10,17H,4-5,7,9H2,1-3H3,(H,13,18). The van der Waals surface area contributed by atoms with Crippen LogP contribution in [0.15, 0.2) is 12.4 Å². The van der Waals surface area contributed by atoms with E-state index in [1.165, 1.54) is 0 Å². The third-order valence-corrected chi connectivity index (χ3v) is 2.76. The second kappa shape index (κ2) is 6.49. The zero-order chi connectivity index (χ0) is 13.6. The Labute approximate surface area is 107 Å². The topological polar surface area (TPSA) is 80.0 Å². The summed E-state index contributed by atoms with van der Waals surface area (Å²) in [6.07, 6.45) is 3.98. The first-order valence-electron chi connectivity index (χ1n) is 6.18. The van der Waals surface area contributed by atoms with E-state index in [-0.39, 0.29) is 11.3 Å². The predicted octanol–water partition coefficient (Wildman–Crippen LogP) is 0.581. The maximum Gasteiger partial charge on any atom is 0.220 e. The van der Waals surface area contributed by atoms with Gasteiger partial charge in [-0.1, -0.05) is 26.0 Å². The summed E-state index contributed by atoms with van der Waals surface area (Å²) in [6, 6.07) is 0. The van der Waals surface area contributed by atoms with Crippen molar-refractivity contribution in [2.75, 3.05) is 6.54 Å². The number of amides is 1. The summed E-state index contributed by atoms with van der Waals surface area (Å²) < 4.78 is 1.69. The van der Waals surface area contributed by atoms with E-state index in [4.69, 9.17) is 0 Å². The molecule has 18 heavy (non-hydrogen) atoms. The zero-order valence-corrected chi connectivity index (χ0v) is 11.3. The van der Waals surface area contributed by atoms with E-state index in [1.807, 2.05) is 20.8 Å². The molecule has 0 saturated heterocycles. The molecule has 2 N–H and O–H groups in total. The van der Waals surface area contributed by atoms with E-state index < -0.39 is 6.10 Å². The molecule has 0 radical (unpaired) electrons. The minimum atomic E-state index is -0.531. The first-order chi connectivity index (χ1) is 8.39. The third kappa shape index (κ3) is 5.27. The molecule has 102 valence electrons. The van der Waals surface area contributed by atoms with Crippen LogP contribution < -0.4 is 5.32 Å². The lowest BCUT2D eigenvalue weighted by Crippen LogP contribution is -2.39. The summed E-state index contributed by atoms with van der Waals surface area (Å²) in [5.41, 5.74) is -0.214. The molecule has 0 saturated carbocycles. The van der Waals surface area contributed by atoms with Crippen LogP contribution in [0.1, 0.15) is 33.6 Å². The maximum absolute atomic E-state index is 11.5. The molecule has 0 aliphatic heterocycles. The number of aryl methyl sites for hydroxylation is 1. The third-order valence-electron chi connectivity index (χ3n) is 2.76. The number of hydrogen-bond donors (Lipinski definition) is 2. The Hall–Kier alpha value is -1.43. The number of nitrogens with one attached hydrogen (secondary N) is 1. The molecule has 1 unspecified atom stereocenters. The van der Waals surface area contributed by atoms with E-state index in [9.17, 15) is 9.90 Å². The summed E-state index contributed by atoms with van der Waals surface area (Å²) in [5, 5.41) is 20.0. The molecule has 1 aromatic heterocycles. The zero-order valence-electron chi connectivity index (χ0n) is 11.3. The number of carbonyl (C=O) groups is 1. The molecule has 0 aliphatic carbocycles. The molecular weight excluding hydrogens is 232 g/mol. The molecule has 0 bridgehead atoms. The van der Waals surface area contributed by atoms with E-state index >= 15 is 0 Å². The van der Waals surface area contributed by atoms with Gasteiger partial charge in [-0.25, -0.2) is 0 Å². The molecule has 0 aliphatic rings. The first-order valence-corrected chi connectivity index (χ1v) is 6.18. The van der Waals surface area contributed by atoms with Crippen LogP contribution in [0, 0.1) is 5.41 Å². The van der Waals surface area contributed by atoms with Crippen molar-refractivity contribution in [3.05, 3.63) is 12.4 Å². The number of aliphatic hydroxyl groups is 1.